The van der Waals surface area contributed by atoms with Gasteiger partial charge in [-0.05, 0) is 25.8 Å². The second kappa shape index (κ2) is 6.94. The van der Waals surface area contributed by atoms with E-state index in [1.807, 2.05) is 6.92 Å². The number of nitrogens with one attached hydrogen (secondary N) is 2. The Morgan fingerprint density at radius 3 is 3.00 bits per heavy atom. The Morgan fingerprint density at radius 2 is 2.40 bits per heavy atom. The third kappa shape index (κ3) is 3.63. The van der Waals surface area contributed by atoms with Crippen molar-refractivity contribution in [1.29, 1.82) is 0 Å². The van der Waals surface area contributed by atoms with E-state index in [2.05, 4.69) is 15.5 Å². The average Bonchev–Trinajstić information content (AvgIpc) is 3.21. The van der Waals surface area contributed by atoms with Crippen LogP contribution in [0.15, 0.2) is 9.95 Å². The monoisotopic (exact) mass is 300 g/mol. The number of methoxy groups -OCH3 is 1. The summed E-state index contributed by atoms with van der Waals surface area (Å²) in [7, 11) is 1.39. The summed E-state index contributed by atoms with van der Waals surface area (Å²) < 4.78 is 6.47. The van der Waals surface area contributed by atoms with Crippen LogP contribution < -0.4 is 11.0 Å². The van der Waals surface area contributed by atoms with E-state index in [0.717, 1.165) is 12.8 Å². The molecule has 7 nitrogen and oxygen atoms in total. The number of hydrogen-bond acceptors (Lipinski definition) is 6. The van der Waals surface area contributed by atoms with Gasteiger partial charge in [0.15, 0.2) is 5.16 Å². The van der Waals surface area contributed by atoms with Gasteiger partial charge in [-0.15, -0.1) is 5.10 Å². The lowest BCUT2D eigenvalue weighted by Crippen LogP contribution is -2.37. The van der Waals surface area contributed by atoms with E-state index in [-0.39, 0.29) is 17.7 Å². The van der Waals surface area contributed by atoms with Gasteiger partial charge in [0, 0.05) is 11.8 Å². The fraction of sp³-hybridized carbons (Fsp3) is 0.750. The maximum absolute atomic E-state index is 11.6. The van der Waals surface area contributed by atoms with E-state index >= 15 is 0 Å². The Bertz CT molecular complexity index is 509. The van der Waals surface area contributed by atoms with Crippen molar-refractivity contribution in [3.05, 3.63) is 10.5 Å². The first-order valence-corrected chi connectivity index (χ1v) is 7.76. The van der Waals surface area contributed by atoms with E-state index in [1.54, 1.807) is 4.57 Å². The van der Waals surface area contributed by atoms with Gasteiger partial charge in [-0.25, -0.2) is 9.89 Å². The van der Waals surface area contributed by atoms with Crippen LogP contribution in [-0.4, -0.2) is 46.2 Å². The van der Waals surface area contributed by atoms with Crippen LogP contribution >= 0.6 is 11.8 Å². The van der Waals surface area contributed by atoms with Crippen molar-refractivity contribution in [2.75, 3.05) is 19.4 Å². The van der Waals surface area contributed by atoms with Crippen LogP contribution in [0.3, 0.4) is 0 Å². The molecule has 1 aliphatic carbocycles. The van der Waals surface area contributed by atoms with Gasteiger partial charge >= 0.3 is 11.7 Å². The summed E-state index contributed by atoms with van der Waals surface area (Å²) in [6.07, 6.45) is 2.71. The molecule has 0 aliphatic heterocycles. The second-order valence-electron chi connectivity index (χ2n) is 4.68. The first-order valence-electron chi connectivity index (χ1n) is 6.78. The van der Waals surface area contributed by atoms with Crippen molar-refractivity contribution in [1.82, 2.24) is 20.1 Å². The van der Waals surface area contributed by atoms with Crippen molar-refractivity contribution >= 4 is 17.7 Å². The molecule has 0 radical (unpaired) electrons. The van der Waals surface area contributed by atoms with Crippen LogP contribution in [-0.2, 0) is 9.53 Å². The molecule has 0 amide bonds. The number of thioether (sulfide) groups is 1. The molecule has 0 spiro atoms. The highest BCUT2D eigenvalue weighted by Crippen LogP contribution is 2.36. The largest absolute Gasteiger partial charge is 0.468 e. The number of esters is 1. The third-order valence-electron chi connectivity index (χ3n) is 3.16. The molecular formula is C12H20N4O3S. The Morgan fingerprint density at radius 1 is 1.65 bits per heavy atom. The Labute approximate surface area is 121 Å². The predicted molar refractivity (Wildman–Crippen MR) is 75.9 cm³/mol. The molecule has 8 heteroatoms. The lowest BCUT2D eigenvalue weighted by Gasteiger charge is -2.14. The summed E-state index contributed by atoms with van der Waals surface area (Å²) in [5, 5.41) is 10.3. The van der Waals surface area contributed by atoms with Crippen molar-refractivity contribution in [3.8, 4) is 0 Å². The van der Waals surface area contributed by atoms with Gasteiger partial charge in [0.25, 0.3) is 0 Å². The predicted octanol–water partition coefficient (Wildman–Crippen LogP) is 0.540. The first kappa shape index (κ1) is 15.1. The molecule has 2 N–H and O–H groups in total. The topological polar surface area (TPSA) is 89.0 Å². The average molecular weight is 300 g/mol. The zero-order valence-corrected chi connectivity index (χ0v) is 12.5. The number of H-pyrrole nitrogens is 1. The van der Waals surface area contributed by atoms with E-state index in [9.17, 15) is 9.59 Å². The van der Waals surface area contributed by atoms with Crippen molar-refractivity contribution in [2.24, 2.45) is 0 Å². The fourth-order valence-electron chi connectivity index (χ4n) is 2.01. The van der Waals surface area contributed by atoms with E-state index in [4.69, 9.17) is 4.74 Å². The van der Waals surface area contributed by atoms with Crippen LogP contribution in [0.25, 0.3) is 0 Å². The molecule has 0 bridgehead atoms. The highest BCUT2D eigenvalue weighted by Gasteiger charge is 2.28. The summed E-state index contributed by atoms with van der Waals surface area (Å²) in [4.78, 5) is 23.2. The number of carbonyl (C=O) groups excluding carboxylic acids is 1. The number of aromatic nitrogens is 3. The maximum atomic E-state index is 11.6. The number of likely N-dealkylation sites (N-methyl/N-ethyl adjacent to an activating group) is 1. The maximum Gasteiger partial charge on any atom is 0.344 e. The highest BCUT2D eigenvalue weighted by molar-refractivity contribution is 7.99. The fourth-order valence-corrected chi connectivity index (χ4v) is 3.02. The van der Waals surface area contributed by atoms with Gasteiger partial charge in [0.05, 0.1) is 7.11 Å². The number of rotatable bonds is 8. The minimum absolute atomic E-state index is 0.147. The normalized spacial score (nSPS) is 16.1. The first-order chi connectivity index (χ1) is 9.67. The lowest BCUT2D eigenvalue weighted by atomic mass is 10.2. The number of nitrogens with zero attached hydrogens (tertiary/aromatic N) is 2. The van der Waals surface area contributed by atoms with Gasteiger partial charge in [-0.1, -0.05) is 18.7 Å². The molecule has 1 unspecified atom stereocenters. The molecule has 2 rings (SSSR count). The minimum atomic E-state index is -0.308. The van der Waals surface area contributed by atoms with Crippen molar-refractivity contribution in [2.45, 2.75) is 43.4 Å². The molecule has 1 heterocycles. The van der Waals surface area contributed by atoms with E-state index in [1.165, 1.54) is 18.9 Å². The summed E-state index contributed by atoms with van der Waals surface area (Å²) in [6, 6.07) is -0.00791. The number of aromatic amines is 1. The molecule has 1 fully saturated rings. The quantitative estimate of drug-likeness (QED) is 0.538. The van der Waals surface area contributed by atoms with Crippen molar-refractivity contribution in [3.63, 3.8) is 0 Å². The highest BCUT2D eigenvalue weighted by atomic mass is 32.2. The van der Waals surface area contributed by atoms with Gasteiger partial charge in [-0.2, -0.15) is 0 Å². The molecular weight excluding hydrogens is 280 g/mol. The van der Waals surface area contributed by atoms with Crippen LogP contribution in [0.1, 0.15) is 32.2 Å². The second-order valence-corrected chi connectivity index (χ2v) is 5.75. The molecule has 0 aromatic carbocycles. The molecule has 0 saturated heterocycles. The molecule has 1 aliphatic rings. The molecule has 1 saturated carbocycles. The Kier molecular flexibility index (Phi) is 5.24. The van der Waals surface area contributed by atoms with Gasteiger partial charge in [-0.3, -0.25) is 9.36 Å². The molecule has 112 valence electrons. The van der Waals surface area contributed by atoms with Gasteiger partial charge in [0.2, 0.25) is 0 Å². The van der Waals surface area contributed by atoms with E-state index in [0.29, 0.717) is 29.9 Å². The summed E-state index contributed by atoms with van der Waals surface area (Å²) in [5.41, 5.74) is -0.147. The molecule has 20 heavy (non-hydrogen) atoms. The van der Waals surface area contributed by atoms with Crippen LogP contribution in [0, 0.1) is 0 Å². The van der Waals surface area contributed by atoms with Gasteiger partial charge < -0.3 is 10.1 Å². The summed E-state index contributed by atoms with van der Waals surface area (Å²) in [6.45, 7) is 2.65. The summed E-state index contributed by atoms with van der Waals surface area (Å²) >= 11 is 1.49. The zero-order chi connectivity index (χ0) is 14.5. The standard InChI is InChI=1S/C12H20N4O3S/c1-3-13-9(10(17)19-2)6-7-20-12-15-14-11(18)16(12)8-4-5-8/h8-9,13H,3-7H2,1-2H3,(H,14,18). The molecule has 1 aromatic heterocycles. The van der Waals surface area contributed by atoms with E-state index < -0.39 is 0 Å². The smallest absolute Gasteiger partial charge is 0.344 e. The Balaban J connectivity index is 1.88. The number of ether oxygens (including phenoxy) is 1. The molecule has 1 atom stereocenters. The van der Waals surface area contributed by atoms with Crippen LogP contribution in [0.5, 0.6) is 0 Å². The third-order valence-corrected chi connectivity index (χ3v) is 4.14. The Hall–Kier alpha value is -1.28. The van der Waals surface area contributed by atoms with Crippen LogP contribution in [0.2, 0.25) is 0 Å². The lowest BCUT2D eigenvalue weighted by molar-refractivity contribution is -0.143. The molecule has 1 aromatic rings. The van der Waals surface area contributed by atoms with Crippen molar-refractivity contribution < 1.29 is 9.53 Å². The minimum Gasteiger partial charge on any atom is -0.468 e. The SMILES string of the molecule is CCNC(CCSc1n[nH]c(=O)n1C1CC1)C(=O)OC. The zero-order valence-electron chi connectivity index (χ0n) is 11.7. The summed E-state index contributed by atoms with van der Waals surface area (Å²) in [5.74, 6) is 0.443. The number of hydrogen-bond donors (Lipinski definition) is 2. The van der Waals surface area contributed by atoms with Crippen LogP contribution in [0.4, 0.5) is 0 Å². The van der Waals surface area contributed by atoms with Gasteiger partial charge in [0.1, 0.15) is 6.04 Å². The number of carbonyl (C=O) groups is 1.